The fraction of sp³-hybridized carbons (Fsp3) is 0.263. The summed E-state index contributed by atoms with van der Waals surface area (Å²) in [7, 11) is 0. The predicted molar refractivity (Wildman–Crippen MR) is 93.9 cm³/mol. The minimum absolute atomic E-state index is 0.0986. The van der Waals surface area contributed by atoms with Crippen LogP contribution >= 0.6 is 0 Å². The summed E-state index contributed by atoms with van der Waals surface area (Å²) in [5, 5.41) is 2.77. The summed E-state index contributed by atoms with van der Waals surface area (Å²) in [6.45, 7) is 2.49. The van der Waals surface area contributed by atoms with Crippen molar-refractivity contribution in [1.29, 1.82) is 0 Å². The first-order chi connectivity index (χ1) is 12.2. The fourth-order valence-electron chi connectivity index (χ4n) is 2.53. The molecule has 1 aromatic carbocycles. The number of carbonyl (C=O) groups is 2. The van der Waals surface area contributed by atoms with Crippen LogP contribution in [0.4, 0.5) is 5.69 Å². The van der Waals surface area contributed by atoms with E-state index in [1.165, 1.54) is 6.08 Å². The maximum absolute atomic E-state index is 12.2. The van der Waals surface area contributed by atoms with Crippen LogP contribution in [0.15, 0.2) is 53.2 Å². The van der Waals surface area contributed by atoms with Crippen molar-refractivity contribution in [2.75, 3.05) is 31.6 Å². The van der Waals surface area contributed by atoms with E-state index in [1.54, 1.807) is 36.6 Å². The van der Waals surface area contributed by atoms with Gasteiger partial charge in [-0.1, -0.05) is 12.1 Å². The molecule has 1 aliphatic heterocycles. The Balaban J connectivity index is 1.51. The Hall–Kier alpha value is -2.86. The Morgan fingerprint density at radius 2 is 1.88 bits per heavy atom. The lowest BCUT2D eigenvalue weighted by Gasteiger charge is -2.26. The van der Waals surface area contributed by atoms with E-state index in [4.69, 9.17) is 9.15 Å². The van der Waals surface area contributed by atoms with Gasteiger partial charge in [-0.2, -0.15) is 0 Å². The molecule has 0 spiro atoms. The molecule has 6 nitrogen and oxygen atoms in total. The first-order valence-corrected chi connectivity index (χ1v) is 8.18. The van der Waals surface area contributed by atoms with Gasteiger partial charge in [-0.25, -0.2) is 0 Å². The summed E-state index contributed by atoms with van der Waals surface area (Å²) in [6.07, 6.45) is 4.92. The first kappa shape index (κ1) is 17.0. The molecular weight excluding hydrogens is 320 g/mol. The van der Waals surface area contributed by atoms with Gasteiger partial charge in [-0.15, -0.1) is 0 Å². The Kier molecular flexibility index (Phi) is 5.64. The lowest BCUT2D eigenvalue weighted by atomic mass is 10.1. The Bertz CT molecular complexity index is 729. The number of amides is 2. The number of ether oxygens (including phenoxy) is 1. The van der Waals surface area contributed by atoms with Gasteiger partial charge in [0.15, 0.2) is 0 Å². The molecule has 25 heavy (non-hydrogen) atoms. The van der Waals surface area contributed by atoms with Gasteiger partial charge >= 0.3 is 0 Å². The highest BCUT2D eigenvalue weighted by Crippen LogP contribution is 2.12. The summed E-state index contributed by atoms with van der Waals surface area (Å²) in [4.78, 5) is 25.9. The van der Waals surface area contributed by atoms with Crippen LogP contribution in [0.3, 0.4) is 0 Å². The second-order valence-corrected chi connectivity index (χ2v) is 5.70. The zero-order valence-corrected chi connectivity index (χ0v) is 13.8. The monoisotopic (exact) mass is 340 g/mol. The lowest BCUT2D eigenvalue weighted by molar-refractivity contribution is -0.134. The second-order valence-electron chi connectivity index (χ2n) is 5.70. The summed E-state index contributed by atoms with van der Waals surface area (Å²) in [5.41, 5.74) is 1.59. The van der Waals surface area contributed by atoms with Crippen LogP contribution in [-0.4, -0.2) is 43.0 Å². The van der Waals surface area contributed by atoms with E-state index in [9.17, 15) is 9.59 Å². The molecular formula is C19H20N2O4. The number of rotatable bonds is 5. The van der Waals surface area contributed by atoms with Gasteiger partial charge in [0.05, 0.1) is 25.9 Å². The Labute approximate surface area is 146 Å². The fourth-order valence-corrected chi connectivity index (χ4v) is 2.53. The van der Waals surface area contributed by atoms with E-state index >= 15 is 0 Å². The first-order valence-electron chi connectivity index (χ1n) is 8.18. The number of nitrogens with zero attached hydrogens (tertiary/aromatic N) is 1. The molecule has 0 unspecified atom stereocenters. The minimum Gasteiger partial charge on any atom is -0.465 e. The highest BCUT2D eigenvalue weighted by Gasteiger charge is 2.16. The van der Waals surface area contributed by atoms with E-state index in [-0.39, 0.29) is 11.8 Å². The van der Waals surface area contributed by atoms with Crippen LogP contribution in [0.1, 0.15) is 11.3 Å². The van der Waals surface area contributed by atoms with Gasteiger partial charge in [-0.05, 0) is 35.9 Å². The summed E-state index contributed by atoms with van der Waals surface area (Å²) >= 11 is 0. The quantitative estimate of drug-likeness (QED) is 0.848. The molecule has 0 radical (unpaired) electrons. The maximum atomic E-state index is 12.2. The zero-order valence-electron chi connectivity index (χ0n) is 13.8. The van der Waals surface area contributed by atoms with E-state index in [1.807, 2.05) is 17.0 Å². The number of hydrogen-bond acceptors (Lipinski definition) is 4. The zero-order chi connectivity index (χ0) is 17.5. The number of anilines is 1. The van der Waals surface area contributed by atoms with E-state index in [0.717, 1.165) is 5.56 Å². The van der Waals surface area contributed by atoms with Crippen LogP contribution in [0, 0.1) is 0 Å². The largest absolute Gasteiger partial charge is 0.465 e. The van der Waals surface area contributed by atoms with Crippen molar-refractivity contribution < 1.29 is 18.7 Å². The summed E-state index contributed by atoms with van der Waals surface area (Å²) < 4.78 is 10.4. The van der Waals surface area contributed by atoms with Crippen molar-refractivity contribution in [2.45, 2.75) is 6.42 Å². The van der Waals surface area contributed by atoms with Gasteiger partial charge in [-0.3, -0.25) is 9.59 Å². The molecule has 130 valence electrons. The molecule has 0 saturated carbocycles. The van der Waals surface area contributed by atoms with Crippen LogP contribution < -0.4 is 5.32 Å². The van der Waals surface area contributed by atoms with Crippen molar-refractivity contribution in [2.24, 2.45) is 0 Å². The standard InChI is InChI=1S/C19H20N2O4/c22-18(8-7-17-2-1-11-25-17)20-16-5-3-15(4-6-16)14-19(23)21-9-12-24-13-10-21/h1-8,11H,9-10,12-14H2,(H,20,22)/b8-7+. The third-order valence-electron chi connectivity index (χ3n) is 3.88. The second kappa shape index (κ2) is 8.30. The van der Waals surface area contributed by atoms with E-state index in [0.29, 0.717) is 44.2 Å². The van der Waals surface area contributed by atoms with Gasteiger partial charge in [0.25, 0.3) is 0 Å². The smallest absolute Gasteiger partial charge is 0.248 e. The molecule has 1 aromatic heterocycles. The van der Waals surface area contributed by atoms with Gasteiger partial charge in [0.1, 0.15) is 5.76 Å². The van der Waals surface area contributed by atoms with Crippen LogP contribution in [0.5, 0.6) is 0 Å². The van der Waals surface area contributed by atoms with Crippen molar-refractivity contribution in [3.05, 3.63) is 60.1 Å². The molecule has 1 N–H and O–H groups in total. The van der Waals surface area contributed by atoms with Crippen molar-refractivity contribution in [3.63, 3.8) is 0 Å². The number of nitrogens with one attached hydrogen (secondary N) is 1. The summed E-state index contributed by atoms with van der Waals surface area (Å²) in [5.74, 6) is 0.474. The predicted octanol–water partition coefficient (Wildman–Crippen LogP) is 2.33. The van der Waals surface area contributed by atoms with Crippen molar-refractivity contribution >= 4 is 23.6 Å². The van der Waals surface area contributed by atoms with Gasteiger partial charge in [0, 0.05) is 24.9 Å². The van der Waals surface area contributed by atoms with Crippen LogP contribution in [0.25, 0.3) is 6.08 Å². The number of benzene rings is 1. The van der Waals surface area contributed by atoms with Crippen LogP contribution in [0.2, 0.25) is 0 Å². The molecule has 1 fully saturated rings. The molecule has 0 atom stereocenters. The average molecular weight is 340 g/mol. The average Bonchev–Trinajstić information content (AvgIpc) is 3.16. The SMILES string of the molecule is O=C(/C=C/c1ccco1)Nc1ccc(CC(=O)N2CCOCC2)cc1. The lowest BCUT2D eigenvalue weighted by Crippen LogP contribution is -2.41. The number of furan rings is 1. The molecule has 1 saturated heterocycles. The topological polar surface area (TPSA) is 71.8 Å². The highest BCUT2D eigenvalue weighted by atomic mass is 16.5. The highest BCUT2D eigenvalue weighted by molar-refractivity contribution is 6.01. The molecule has 2 aromatic rings. The van der Waals surface area contributed by atoms with Crippen LogP contribution in [-0.2, 0) is 20.7 Å². The van der Waals surface area contributed by atoms with E-state index < -0.39 is 0 Å². The number of carbonyl (C=O) groups excluding carboxylic acids is 2. The van der Waals surface area contributed by atoms with Crippen molar-refractivity contribution in [3.8, 4) is 0 Å². The molecule has 3 rings (SSSR count). The normalized spacial score (nSPS) is 14.6. The Morgan fingerprint density at radius 1 is 1.12 bits per heavy atom. The Morgan fingerprint density at radius 3 is 2.56 bits per heavy atom. The maximum Gasteiger partial charge on any atom is 0.248 e. The minimum atomic E-state index is -0.242. The summed E-state index contributed by atoms with van der Waals surface area (Å²) in [6, 6.07) is 10.8. The van der Waals surface area contributed by atoms with Gasteiger partial charge < -0.3 is 19.4 Å². The van der Waals surface area contributed by atoms with Crippen molar-refractivity contribution in [1.82, 2.24) is 4.90 Å². The number of hydrogen-bond donors (Lipinski definition) is 1. The molecule has 2 heterocycles. The molecule has 6 heteroatoms. The molecule has 0 bridgehead atoms. The molecule has 0 aliphatic carbocycles. The number of morpholine rings is 1. The molecule has 1 aliphatic rings. The van der Waals surface area contributed by atoms with Gasteiger partial charge in [0.2, 0.25) is 11.8 Å². The third kappa shape index (κ3) is 5.06. The third-order valence-corrected chi connectivity index (χ3v) is 3.88. The van der Waals surface area contributed by atoms with E-state index in [2.05, 4.69) is 5.32 Å². The molecule has 2 amide bonds.